The van der Waals surface area contributed by atoms with Gasteiger partial charge in [0, 0.05) is 5.92 Å². The van der Waals surface area contributed by atoms with Gasteiger partial charge in [-0.1, -0.05) is 68.7 Å². The second-order valence-electron chi connectivity index (χ2n) is 5.66. The molecule has 0 unspecified atom stereocenters. The van der Waals surface area contributed by atoms with Crippen LogP contribution in [0.1, 0.15) is 56.9 Å². The highest BCUT2D eigenvalue weighted by atomic mass is 16.3. The first-order valence-corrected chi connectivity index (χ1v) is 7.72. The second-order valence-corrected chi connectivity index (χ2v) is 5.66. The molecular formula is C18H26O. The van der Waals surface area contributed by atoms with Crippen molar-refractivity contribution in [1.82, 2.24) is 0 Å². The van der Waals surface area contributed by atoms with Crippen LogP contribution in [0.2, 0.25) is 0 Å². The molecule has 0 saturated heterocycles. The van der Waals surface area contributed by atoms with Gasteiger partial charge in [0.2, 0.25) is 0 Å². The third-order valence-corrected chi connectivity index (χ3v) is 4.26. The third kappa shape index (κ3) is 3.94. The largest absolute Gasteiger partial charge is 0.392 e. The molecule has 0 aliphatic heterocycles. The molecule has 1 nitrogen and oxygen atoms in total. The van der Waals surface area contributed by atoms with E-state index in [1.54, 1.807) is 0 Å². The van der Waals surface area contributed by atoms with Crippen molar-refractivity contribution in [2.75, 3.05) is 0 Å². The third-order valence-electron chi connectivity index (χ3n) is 4.26. The second kappa shape index (κ2) is 7.49. The van der Waals surface area contributed by atoms with E-state index < -0.39 is 0 Å². The minimum absolute atomic E-state index is 0.157. The van der Waals surface area contributed by atoms with Crippen molar-refractivity contribution in [2.24, 2.45) is 5.92 Å². The maximum absolute atomic E-state index is 10.8. The zero-order valence-electron chi connectivity index (χ0n) is 12.0. The lowest BCUT2D eigenvalue weighted by Gasteiger charge is -2.31. The van der Waals surface area contributed by atoms with Crippen LogP contribution in [-0.2, 0) is 0 Å². The quantitative estimate of drug-likeness (QED) is 0.760. The summed E-state index contributed by atoms with van der Waals surface area (Å²) in [5.41, 5.74) is 1.24. The average molecular weight is 258 g/mol. The average Bonchev–Trinajstić information content (AvgIpc) is 2.49. The van der Waals surface area contributed by atoms with Crippen molar-refractivity contribution >= 4 is 0 Å². The van der Waals surface area contributed by atoms with Gasteiger partial charge in [0.15, 0.2) is 0 Å². The predicted octanol–water partition coefficient (Wildman–Crippen LogP) is 4.68. The molecule has 0 heterocycles. The lowest BCUT2D eigenvalue weighted by atomic mass is 9.78. The van der Waals surface area contributed by atoms with E-state index in [-0.39, 0.29) is 12.0 Å². The molecule has 0 bridgehead atoms. The minimum Gasteiger partial charge on any atom is -0.392 e. The van der Waals surface area contributed by atoms with Gasteiger partial charge < -0.3 is 5.11 Å². The van der Waals surface area contributed by atoms with Crippen LogP contribution in [0.15, 0.2) is 42.5 Å². The number of hydrogen-bond acceptors (Lipinski definition) is 1. The van der Waals surface area contributed by atoms with E-state index in [0.717, 1.165) is 6.42 Å². The molecule has 2 atom stereocenters. The number of benzene rings is 1. The Morgan fingerprint density at radius 3 is 2.47 bits per heavy atom. The van der Waals surface area contributed by atoms with Gasteiger partial charge in [0.25, 0.3) is 0 Å². The topological polar surface area (TPSA) is 20.2 Å². The Labute approximate surface area is 117 Å². The summed E-state index contributed by atoms with van der Waals surface area (Å²) >= 11 is 0. The fourth-order valence-corrected chi connectivity index (χ4v) is 3.15. The Balaban J connectivity index is 2.14. The minimum atomic E-state index is -0.231. The molecule has 1 aromatic carbocycles. The number of aliphatic hydroxyl groups is 1. The van der Waals surface area contributed by atoms with Gasteiger partial charge in [-0.3, -0.25) is 0 Å². The molecule has 1 aliphatic rings. The summed E-state index contributed by atoms with van der Waals surface area (Å²) in [7, 11) is 0. The highest BCUT2D eigenvalue weighted by Crippen LogP contribution is 2.34. The maximum Gasteiger partial charge on any atom is 0.0671 e. The first-order valence-electron chi connectivity index (χ1n) is 7.72. The molecule has 1 N–H and O–H groups in total. The van der Waals surface area contributed by atoms with Crippen LogP contribution in [-0.4, -0.2) is 11.2 Å². The molecular weight excluding hydrogens is 232 g/mol. The highest BCUT2D eigenvalue weighted by molar-refractivity contribution is 5.25. The van der Waals surface area contributed by atoms with Gasteiger partial charge in [-0.2, -0.15) is 0 Å². The molecule has 1 saturated carbocycles. The number of hydrogen-bond donors (Lipinski definition) is 1. The SMILES string of the molecule is CCC=C[C@H](c1ccccc1)[C@H](O)C1CCCCC1. The van der Waals surface area contributed by atoms with Crippen LogP contribution in [0.3, 0.4) is 0 Å². The van der Waals surface area contributed by atoms with Gasteiger partial charge in [0.1, 0.15) is 0 Å². The van der Waals surface area contributed by atoms with Crippen molar-refractivity contribution in [3.63, 3.8) is 0 Å². The summed E-state index contributed by atoms with van der Waals surface area (Å²) in [5.74, 6) is 0.629. The summed E-state index contributed by atoms with van der Waals surface area (Å²) in [4.78, 5) is 0. The van der Waals surface area contributed by atoms with E-state index in [1.165, 1.54) is 37.7 Å². The zero-order valence-corrected chi connectivity index (χ0v) is 12.0. The van der Waals surface area contributed by atoms with Crippen LogP contribution in [0.5, 0.6) is 0 Å². The molecule has 0 amide bonds. The van der Waals surface area contributed by atoms with Gasteiger partial charge in [-0.15, -0.1) is 0 Å². The van der Waals surface area contributed by atoms with Gasteiger partial charge >= 0.3 is 0 Å². The Morgan fingerprint density at radius 2 is 1.84 bits per heavy atom. The standard InChI is InChI=1S/C18H26O/c1-2-3-14-17(15-10-6-4-7-11-15)18(19)16-12-8-5-9-13-16/h3-4,6-7,10-11,14,16-19H,2,5,8-9,12-13H2,1H3/t17-,18-/m1/s1. The lowest BCUT2D eigenvalue weighted by Crippen LogP contribution is -2.28. The molecule has 0 spiro atoms. The molecule has 104 valence electrons. The lowest BCUT2D eigenvalue weighted by molar-refractivity contribution is 0.0725. The molecule has 19 heavy (non-hydrogen) atoms. The van der Waals surface area contributed by atoms with E-state index in [0.29, 0.717) is 5.92 Å². The van der Waals surface area contributed by atoms with Gasteiger partial charge in [-0.05, 0) is 30.7 Å². The van der Waals surface area contributed by atoms with Crippen LogP contribution < -0.4 is 0 Å². The number of allylic oxidation sites excluding steroid dienone is 1. The summed E-state index contributed by atoms with van der Waals surface area (Å²) in [6, 6.07) is 10.4. The van der Waals surface area contributed by atoms with E-state index in [2.05, 4.69) is 43.3 Å². The first-order chi connectivity index (χ1) is 9.33. The fourth-order valence-electron chi connectivity index (χ4n) is 3.15. The van der Waals surface area contributed by atoms with E-state index in [1.807, 2.05) is 6.07 Å². The van der Waals surface area contributed by atoms with Crippen molar-refractivity contribution in [3.05, 3.63) is 48.0 Å². The van der Waals surface area contributed by atoms with Crippen LogP contribution >= 0.6 is 0 Å². The summed E-state index contributed by atoms with van der Waals surface area (Å²) < 4.78 is 0. The summed E-state index contributed by atoms with van der Waals surface area (Å²) in [6.07, 6.45) is 11.4. The fraction of sp³-hybridized carbons (Fsp3) is 0.556. The van der Waals surface area contributed by atoms with Crippen molar-refractivity contribution in [2.45, 2.75) is 57.5 Å². The molecule has 1 aromatic rings. The summed E-state index contributed by atoms with van der Waals surface area (Å²) in [5, 5.41) is 10.8. The van der Waals surface area contributed by atoms with Crippen molar-refractivity contribution < 1.29 is 5.11 Å². The van der Waals surface area contributed by atoms with Gasteiger partial charge in [-0.25, -0.2) is 0 Å². The monoisotopic (exact) mass is 258 g/mol. The predicted molar refractivity (Wildman–Crippen MR) is 81.2 cm³/mol. The van der Waals surface area contributed by atoms with E-state index in [9.17, 15) is 5.11 Å². The Hall–Kier alpha value is -1.08. The smallest absolute Gasteiger partial charge is 0.0671 e. The number of rotatable bonds is 5. The first kappa shape index (κ1) is 14.3. The Morgan fingerprint density at radius 1 is 1.16 bits per heavy atom. The summed E-state index contributed by atoms with van der Waals surface area (Å²) in [6.45, 7) is 2.14. The Bertz CT molecular complexity index is 376. The van der Waals surface area contributed by atoms with E-state index >= 15 is 0 Å². The molecule has 1 fully saturated rings. The van der Waals surface area contributed by atoms with E-state index in [4.69, 9.17) is 0 Å². The van der Waals surface area contributed by atoms with Crippen molar-refractivity contribution in [3.8, 4) is 0 Å². The highest BCUT2D eigenvalue weighted by Gasteiger charge is 2.28. The molecule has 1 aliphatic carbocycles. The normalized spacial score (nSPS) is 20.5. The molecule has 0 aromatic heterocycles. The van der Waals surface area contributed by atoms with Crippen LogP contribution in [0, 0.1) is 5.92 Å². The molecule has 2 rings (SSSR count). The maximum atomic E-state index is 10.8. The van der Waals surface area contributed by atoms with Crippen molar-refractivity contribution in [1.29, 1.82) is 0 Å². The molecule has 1 heteroatoms. The Kier molecular flexibility index (Phi) is 5.65. The van der Waals surface area contributed by atoms with Crippen LogP contribution in [0.4, 0.5) is 0 Å². The van der Waals surface area contributed by atoms with Crippen LogP contribution in [0.25, 0.3) is 0 Å². The van der Waals surface area contributed by atoms with Gasteiger partial charge in [0.05, 0.1) is 6.10 Å². The molecule has 0 radical (unpaired) electrons. The number of aliphatic hydroxyl groups excluding tert-OH is 1. The zero-order chi connectivity index (χ0) is 13.5.